The van der Waals surface area contributed by atoms with Gasteiger partial charge in [0.05, 0.1) is 12.2 Å². The Morgan fingerprint density at radius 2 is 1.87 bits per heavy atom. The minimum absolute atomic E-state index is 0.169. The third-order valence-electron chi connectivity index (χ3n) is 8.18. The lowest BCUT2D eigenvalue weighted by atomic mass is 9.54. The van der Waals surface area contributed by atoms with E-state index in [1.54, 1.807) is 0 Å². The van der Waals surface area contributed by atoms with Gasteiger partial charge >= 0.3 is 0 Å². The minimum atomic E-state index is 0.169. The number of rotatable bonds is 4. The van der Waals surface area contributed by atoms with Crippen molar-refractivity contribution in [2.24, 2.45) is 22.2 Å². The Bertz CT molecular complexity index is 756. The molecule has 5 rings (SSSR count). The van der Waals surface area contributed by atoms with Gasteiger partial charge in [-0.25, -0.2) is 0 Å². The fraction of sp³-hybridized carbons (Fsp3) is 0.720. The van der Waals surface area contributed by atoms with Crippen molar-refractivity contribution in [2.75, 3.05) is 26.8 Å². The van der Waals surface area contributed by atoms with Crippen molar-refractivity contribution in [3.8, 4) is 0 Å². The van der Waals surface area contributed by atoms with Crippen molar-refractivity contribution in [1.82, 2.24) is 10.6 Å². The fourth-order valence-electron chi connectivity index (χ4n) is 6.65. The summed E-state index contributed by atoms with van der Waals surface area (Å²) in [7, 11) is 1.90. The molecule has 2 saturated carbocycles. The molecule has 2 N–H and O–H groups in total. The van der Waals surface area contributed by atoms with Gasteiger partial charge in [0.1, 0.15) is 0 Å². The number of benzene rings is 1. The number of nitrogens with zero attached hydrogens (tertiary/aromatic N) is 1. The van der Waals surface area contributed by atoms with E-state index in [-0.39, 0.29) is 6.10 Å². The highest BCUT2D eigenvalue weighted by atomic mass is 16.5. The molecule has 1 spiro atoms. The molecule has 0 radical (unpaired) electrons. The predicted octanol–water partition coefficient (Wildman–Crippen LogP) is 3.98. The molecule has 0 bridgehead atoms. The summed E-state index contributed by atoms with van der Waals surface area (Å²) in [5, 5.41) is 7.48. The number of aliphatic imine (C=N–C) groups is 1. The van der Waals surface area contributed by atoms with E-state index in [2.05, 4.69) is 46.8 Å². The third-order valence-corrected chi connectivity index (χ3v) is 8.18. The van der Waals surface area contributed by atoms with E-state index in [0.717, 1.165) is 32.1 Å². The summed E-state index contributed by atoms with van der Waals surface area (Å²) < 4.78 is 12.4. The number of fused-ring (bicyclic) bond motifs is 2. The van der Waals surface area contributed by atoms with E-state index in [4.69, 9.17) is 9.47 Å². The van der Waals surface area contributed by atoms with Gasteiger partial charge in [0.15, 0.2) is 5.96 Å². The molecule has 30 heavy (non-hydrogen) atoms. The maximum atomic E-state index is 6.21. The van der Waals surface area contributed by atoms with Crippen molar-refractivity contribution in [3.05, 3.63) is 35.4 Å². The van der Waals surface area contributed by atoms with E-state index in [9.17, 15) is 0 Å². The SMILES string of the molecule is CN=C(NCC1CCCOC1c1ccc(C)cc1)NC1C2CCOC2C12CCCC2. The molecule has 2 saturated heterocycles. The van der Waals surface area contributed by atoms with Crippen LogP contribution < -0.4 is 10.6 Å². The van der Waals surface area contributed by atoms with Crippen LogP contribution >= 0.6 is 0 Å². The molecule has 2 aliphatic carbocycles. The average molecular weight is 412 g/mol. The summed E-state index contributed by atoms with van der Waals surface area (Å²) in [4.78, 5) is 4.59. The van der Waals surface area contributed by atoms with Gasteiger partial charge in [0.2, 0.25) is 0 Å². The lowest BCUT2D eigenvalue weighted by molar-refractivity contribution is -0.125. The van der Waals surface area contributed by atoms with Crippen LogP contribution in [0.2, 0.25) is 0 Å². The summed E-state index contributed by atoms with van der Waals surface area (Å²) in [6.07, 6.45) is 9.44. The largest absolute Gasteiger partial charge is 0.377 e. The Hall–Kier alpha value is -1.59. The molecular weight excluding hydrogens is 374 g/mol. The molecule has 2 aliphatic heterocycles. The normalized spacial score (nSPS) is 35.1. The fourth-order valence-corrected chi connectivity index (χ4v) is 6.65. The topological polar surface area (TPSA) is 54.9 Å². The van der Waals surface area contributed by atoms with Gasteiger partial charge in [-0.2, -0.15) is 0 Å². The van der Waals surface area contributed by atoms with Crippen LogP contribution in [0.5, 0.6) is 0 Å². The van der Waals surface area contributed by atoms with E-state index in [0.29, 0.717) is 29.4 Å². The highest BCUT2D eigenvalue weighted by molar-refractivity contribution is 5.80. The van der Waals surface area contributed by atoms with Crippen LogP contribution in [0.3, 0.4) is 0 Å². The van der Waals surface area contributed by atoms with Crippen LogP contribution in [0.15, 0.2) is 29.3 Å². The van der Waals surface area contributed by atoms with Gasteiger partial charge in [-0.15, -0.1) is 0 Å². The van der Waals surface area contributed by atoms with Crippen LogP contribution in [0.4, 0.5) is 0 Å². The Balaban J connectivity index is 1.23. The molecule has 2 heterocycles. The molecule has 4 aliphatic rings. The molecule has 164 valence electrons. The van der Waals surface area contributed by atoms with Crippen LogP contribution in [-0.4, -0.2) is 44.9 Å². The van der Waals surface area contributed by atoms with Crippen molar-refractivity contribution >= 4 is 5.96 Å². The van der Waals surface area contributed by atoms with Crippen LogP contribution in [0.25, 0.3) is 0 Å². The zero-order chi connectivity index (χ0) is 20.6. The molecule has 1 aromatic carbocycles. The number of hydrogen-bond acceptors (Lipinski definition) is 3. The van der Waals surface area contributed by atoms with Gasteiger partial charge in [0, 0.05) is 50.1 Å². The first kappa shape index (κ1) is 20.3. The lowest BCUT2D eigenvalue weighted by Crippen LogP contribution is -2.69. The van der Waals surface area contributed by atoms with Crippen molar-refractivity contribution in [2.45, 2.75) is 70.1 Å². The smallest absolute Gasteiger partial charge is 0.191 e. The van der Waals surface area contributed by atoms with E-state index in [1.807, 2.05) is 7.05 Å². The van der Waals surface area contributed by atoms with Gasteiger partial charge in [-0.1, -0.05) is 42.7 Å². The summed E-state index contributed by atoms with van der Waals surface area (Å²) in [6, 6.07) is 9.34. The molecule has 5 nitrogen and oxygen atoms in total. The Kier molecular flexibility index (Phi) is 5.76. The van der Waals surface area contributed by atoms with Crippen LogP contribution in [0, 0.1) is 24.2 Å². The van der Waals surface area contributed by atoms with Gasteiger partial charge in [-0.3, -0.25) is 4.99 Å². The maximum absolute atomic E-state index is 6.21. The lowest BCUT2D eigenvalue weighted by Gasteiger charge is -2.57. The van der Waals surface area contributed by atoms with Gasteiger partial charge in [-0.05, 0) is 44.6 Å². The zero-order valence-corrected chi connectivity index (χ0v) is 18.5. The Morgan fingerprint density at radius 1 is 1.07 bits per heavy atom. The highest BCUT2D eigenvalue weighted by Crippen LogP contribution is 2.60. The molecule has 1 aromatic rings. The summed E-state index contributed by atoms with van der Waals surface area (Å²) in [5.41, 5.74) is 2.94. The average Bonchev–Trinajstić information content (AvgIpc) is 3.44. The van der Waals surface area contributed by atoms with Crippen molar-refractivity contribution in [1.29, 1.82) is 0 Å². The number of nitrogens with one attached hydrogen (secondary N) is 2. The van der Waals surface area contributed by atoms with Gasteiger partial charge < -0.3 is 20.1 Å². The highest BCUT2D eigenvalue weighted by Gasteiger charge is 2.65. The summed E-state index contributed by atoms with van der Waals surface area (Å²) >= 11 is 0. The predicted molar refractivity (Wildman–Crippen MR) is 120 cm³/mol. The number of hydrogen-bond donors (Lipinski definition) is 2. The zero-order valence-electron chi connectivity index (χ0n) is 18.5. The van der Waals surface area contributed by atoms with E-state index >= 15 is 0 Å². The first-order chi connectivity index (χ1) is 14.7. The molecular formula is C25H37N3O2. The third kappa shape index (κ3) is 3.54. The molecule has 5 heteroatoms. The second-order valence-corrected chi connectivity index (χ2v) is 9.86. The van der Waals surface area contributed by atoms with Gasteiger partial charge in [0.25, 0.3) is 0 Å². The summed E-state index contributed by atoms with van der Waals surface area (Å²) in [5.74, 6) is 2.06. The Labute approximate surface area is 181 Å². The first-order valence-corrected chi connectivity index (χ1v) is 12.0. The standard InChI is InChI=1S/C25H37N3O2/c1-17-7-9-18(10-8-17)21-19(6-5-14-29-21)16-27-24(26-2)28-22-20-11-15-30-23(20)25(22)12-3-4-13-25/h7-10,19-23H,3-6,11-16H2,1-2H3,(H2,26,27,28). The molecule has 5 atom stereocenters. The van der Waals surface area contributed by atoms with E-state index < -0.39 is 0 Å². The minimum Gasteiger partial charge on any atom is -0.377 e. The van der Waals surface area contributed by atoms with Crippen molar-refractivity contribution in [3.63, 3.8) is 0 Å². The van der Waals surface area contributed by atoms with Crippen molar-refractivity contribution < 1.29 is 9.47 Å². The second-order valence-electron chi connectivity index (χ2n) is 9.86. The second kappa shape index (κ2) is 8.51. The first-order valence-electron chi connectivity index (χ1n) is 12.0. The number of guanidine groups is 1. The van der Waals surface area contributed by atoms with Crippen LogP contribution in [0.1, 0.15) is 62.2 Å². The maximum Gasteiger partial charge on any atom is 0.191 e. The quantitative estimate of drug-likeness (QED) is 0.581. The molecule has 5 unspecified atom stereocenters. The Morgan fingerprint density at radius 3 is 2.63 bits per heavy atom. The molecule has 4 fully saturated rings. The monoisotopic (exact) mass is 411 g/mol. The number of aryl methyl sites for hydroxylation is 1. The number of ether oxygens (including phenoxy) is 2. The molecule has 0 amide bonds. The summed E-state index contributed by atoms with van der Waals surface area (Å²) in [6.45, 7) is 4.81. The molecule has 0 aromatic heterocycles. The van der Waals surface area contributed by atoms with E-state index in [1.165, 1.54) is 49.7 Å². The van der Waals surface area contributed by atoms with Crippen LogP contribution in [-0.2, 0) is 9.47 Å².